The molecule has 5 nitrogen and oxygen atoms in total. The molecule has 2 N–H and O–H groups in total. The molecule has 0 heterocycles. The molecule has 1 rings (SSSR count). The third kappa shape index (κ3) is 7.38. The van der Waals surface area contributed by atoms with Gasteiger partial charge in [-0.15, -0.1) is 11.8 Å². The van der Waals surface area contributed by atoms with Crippen LogP contribution in [0.2, 0.25) is 0 Å². The van der Waals surface area contributed by atoms with Crippen molar-refractivity contribution in [3.8, 4) is 5.75 Å². The van der Waals surface area contributed by atoms with E-state index in [2.05, 4.69) is 21.2 Å². The molecule has 7 heteroatoms. The molecule has 0 radical (unpaired) electrons. The maximum atomic E-state index is 11.4. The van der Waals surface area contributed by atoms with Gasteiger partial charge >= 0.3 is 5.97 Å². The van der Waals surface area contributed by atoms with E-state index in [1.165, 1.54) is 0 Å². The number of carboxylic acid groups (broad SMARTS) is 1. The van der Waals surface area contributed by atoms with Crippen LogP contribution in [0.25, 0.3) is 0 Å². The Bertz CT molecular complexity index is 496. The number of amides is 1. The van der Waals surface area contributed by atoms with Gasteiger partial charge in [-0.2, -0.15) is 0 Å². The molecule has 0 fully saturated rings. The van der Waals surface area contributed by atoms with Gasteiger partial charge in [0, 0.05) is 11.0 Å². The number of thioether (sulfide) groups is 1. The number of carbonyl (C=O) groups is 2. The number of halogens is 1. The van der Waals surface area contributed by atoms with Gasteiger partial charge in [0.1, 0.15) is 5.75 Å². The van der Waals surface area contributed by atoms with Crippen molar-refractivity contribution in [3.05, 3.63) is 28.2 Å². The van der Waals surface area contributed by atoms with Crippen molar-refractivity contribution >= 4 is 39.6 Å². The molecule has 21 heavy (non-hydrogen) atoms. The van der Waals surface area contributed by atoms with E-state index in [4.69, 9.17) is 9.84 Å². The van der Waals surface area contributed by atoms with Crippen LogP contribution >= 0.6 is 27.7 Å². The summed E-state index contributed by atoms with van der Waals surface area (Å²) in [6, 6.07) is 5.86. The highest BCUT2D eigenvalue weighted by Gasteiger charge is 2.05. The highest BCUT2D eigenvalue weighted by Crippen LogP contribution is 2.24. The molecule has 0 saturated heterocycles. The fourth-order valence-corrected chi connectivity index (χ4v) is 2.62. The van der Waals surface area contributed by atoms with E-state index in [1.54, 1.807) is 7.11 Å². The van der Waals surface area contributed by atoms with Crippen molar-refractivity contribution in [2.24, 2.45) is 0 Å². The molecule has 0 aliphatic carbocycles. The first-order chi connectivity index (χ1) is 10.0. The lowest BCUT2D eigenvalue weighted by Gasteiger charge is -2.09. The number of nitrogens with one attached hydrogen (secondary N) is 1. The first-order valence-electron chi connectivity index (χ1n) is 6.41. The fraction of sp³-hybridized carbons (Fsp3) is 0.429. The van der Waals surface area contributed by atoms with Crippen LogP contribution in [-0.2, 0) is 16.0 Å². The summed E-state index contributed by atoms with van der Waals surface area (Å²) in [4.78, 5) is 21.8. The van der Waals surface area contributed by atoms with Crippen LogP contribution in [0.5, 0.6) is 5.75 Å². The highest BCUT2D eigenvalue weighted by atomic mass is 79.9. The summed E-state index contributed by atoms with van der Waals surface area (Å²) in [6.45, 7) is 0.561. The lowest BCUT2D eigenvalue weighted by molar-refractivity contribution is -0.133. The largest absolute Gasteiger partial charge is 0.496 e. The monoisotopic (exact) mass is 375 g/mol. The van der Waals surface area contributed by atoms with Gasteiger partial charge < -0.3 is 15.2 Å². The Kier molecular flexibility index (Phi) is 8.22. The summed E-state index contributed by atoms with van der Waals surface area (Å²) in [7, 11) is 1.63. The Morgan fingerprint density at radius 1 is 1.38 bits per heavy atom. The van der Waals surface area contributed by atoms with Crippen LogP contribution in [0.3, 0.4) is 0 Å². The summed E-state index contributed by atoms with van der Waals surface area (Å²) in [6.07, 6.45) is 1.60. The van der Waals surface area contributed by atoms with Crippen molar-refractivity contribution in [2.75, 3.05) is 25.2 Å². The quantitative estimate of drug-likeness (QED) is 0.647. The molecule has 0 atom stereocenters. The third-order valence-electron chi connectivity index (χ3n) is 2.65. The van der Waals surface area contributed by atoms with Crippen LogP contribution in [0.4, 0.5) is 0 Å². The molecule has 0 aliphatic rings. The molecule has 0 saturated carbocycles. The van der Waals surface area contributed by atoms with Crippen LogP contribution in [0.15, 0.2) is 22.7 Å². The zero-order valence-electron chi connectivity index (χ0n) is 11.7. The van der Waals surface area contributed by atoms with Crippen molar-refractivity contribution in [3.63, 3.8) is 0 Å². The molecule has 0 aromatic heterocycles. The molecule has 0 spiro atoms. The van der Waals surface area contributed by atoms with E-state index in [0.717, 1.165) is 40.4 Å². The first kappa shape index (κ1) is 17.8. The number of ether oxygens (including phenoxy) is 1. The second-order valence-corrected chi connectivity index (χ2v) is 6.20. The summed E-state index contributed by atoms with van der Waals surface area (Å²) >= 11 is 4.49. The number of benzene rings is 1. The summed E-state index contributed by atoms with van der Waals surface area (Å²) < 4.78 is 6.27. The standard InChI is InChI=1S/C14H18BrNO4S/c1-20-12-7-11(15)5-4-10(12)3-2-6-16-13(17)8-21-9-14(18)19/h4-5,7H,2-3,6,8-9H2,1H3,(H,16,17)(H,18,19). The van der Waals surface area contributed by atoms with E-state index < -0.39 is 5.97 Å². The minimum absolute atomic E-state index is 0.0521. The fourth-order valence-electron chi connectivity index (χ4n) is 1.71. The summed E-state index contributed by atoms with van der Waals surface area (Å²) in [5, 5.41) is 11.2. The second-order valence-electron chi connectivity index (χ2n) is 4.30. The van der Waals surface area contributed by atoms with E-state index >= 15 is 0 Å². The number of methoxy groups -OCH3 is 1. The molecule has 1 aromatic rings. The van der Waals surface area contributed by atoms with Crippen LogP contribution in [0.1, 0.15) is 12.0 Å². The molecule has 1 amide bonds. The predicted octanol–water partition coefficient (Wildman–Crippen LogP) is 2.32. The predicted molar refractivity (Wildman–Crippen MR) is 87.0 cm³/mol. The number of aryl methyl sites for hydroxylation is 1. The van der Waals surface area contributed by atoms with E-state index in [9.17, 15) is 9.59 Å². The molecular weight excluding hydrogens is 358 g/mol. The van der Waals surface area contributed by atoms with E-state index in [0.29, 0.717) is 6.54 Å². The SMILES string of the molecule is COc1cc(Br)ccc1CCCNC(=O)CSCC(=O)O. The van der Waals surface area contributed by atoms with Crippen molar-refractivity contribution < 1.29 is 19.4 Å². The maximum absolute atomic E-state index is 11.4. The van der Waals surface area contributed by atoms with Gasteiger partial charge in [-0.1, -0.05) is 22.0 Å². The average Bonchev–Trinajstić information content (AvgIpc) is 2.44. The number of aliphatic carboxylic acids is 1. The Balaban J connectivity index is 2.25. The third-order valence-corrected chi connectivity index (χ3v) is 4.06. The minimum Gasteiger partial charge on any atom is -0.496 e. The number of rotatable bonds is 9. The Morgan fingerprint density at radius 3 is 2.81 bits per heavy atom. The molecule has 0 bridgehead atoms. The molecular formula is C14H18BrNO4S. The van der Waals surface area contributed by atoms with Gasteiger partial charge in [-0.05, 0) is 30.5 Å². The first-order valence-corrected chi connectivity index (χ1v) is 8.36. The molecule has 0 aliphatic heterocycles. The topological polar surface area (TPSA) is 75.6 Å². The minimum atomic E-state index is -0.907. The molecule has 0 unspecified atom stereocenters. The van der Waals surface area contributed by atoms with E-state index in [1.807, 2.05) is 18.2 Å². The zero-order chi connectivity index (χ0) is 15.7. The smallest absolute Gasteiger partial charge is 0.313 e. The number of carboxylic acids is 1. The summed E-state index contributed by atoms with van der Waals surface area (Å²) in [5.74, 6) is -0.0934. The average molecular weight is 376 g/mol. The zero-order valence-corrected chi connectivity index (χ0v) is 14.1. The van der Waals surface area contributed by atoms with Gasteiger partial charge in [0.15, 0.2) is 0 Å². The Labute approximate surface area is 136 Å². The Hall–Kier alpha value is -1.21. The van der Waals surface area contributed by atoms with Crippen molar-refractivity contribution in [1.29, 1.82) is 0 Å². The number of hydrogen-bond donors (Lipinski definition) is 2. The Morgan fingerprint density at radius 2 is 2.14 bits per heavy atom. The molecule has 116 valence electrons. The van der Waals surface area contributed by atoms with Gasteiger partial charge in [0.05, 0.1) is 18.6 Å². The van der Waals surface area contributed by atoms with Gasteiger partial charge in [-0.25, -0.2) is 0 Å². The number of hydrogen-bond acceptors (Lipinski definition) is 4. The van der Waals surface area contributed by atoms with Crippen molar-refractivity contribution in [2.45, 2.75) is 12.8 Å². The normalized spacial score (nSPS) is 10.2. The summed E-state index contributed by atoms with van der Waals surface area (Å²) in [5.41, 5.74) is 1.09. The van der Waals surface area contributed by atoms with Crippen LogP contribution in [0, 0.1) is 0 Å². The van der Waals surface area contributed by atoms with Crippen molar-refractivity contribution in [1.82, 2.24) is 5.32 Å². The molecule has 1 aromatic carbocycles. The maximum Gasteiger partial charge on any atom is 0.313 e. The highest BCUT2D eigenvalue weighted by molar-refractivity contribution is 9.10. The van der Waals surface area contributed by atoms with Gasteiger partial charge in [0.2, 0.25) is 5.91 Å². The van der Waals surface area contributed by atoms with Crippen LogP contribution in [-0.4, -0.2) is 42.1 Å². The van der Waals surface area contributed by atoms with Crippen LogP contribution < -0.4 is 10.1 Å². The van der Waals surface area contributed by atoms with E-state index in [-0.39, 0.29) is 17.4 Å². The van der Waals surface area contributed by atoms with Gasteiger partial charge in [0.25, 0.3) is 0 Å². The lowest BCUT2D eigenvalue weighted by atomic mass is 10.1. The number of carbonyl (C=O) groups excluding carboxylic acids is 1. The van der Waals surface area contributed by atoms with Gasteiger partial charge in [-0.3, -0.25) is 9.59 Å². The lowest BCUT2D eigenvalue weighted by Crippen LogP contribution is -2.26. The second kappa shape index (κ2) is 9.68.